The van der Waals surface area contributed by atoms with Crippen LogP contribution in [0.2, 0.25) is 0 Å². The molecule has 0 fully saturated rings. The molecule has 0 spiro atoms. The third kappa shape index (κ3) is 3.78. The molecule has 0 saturated carbocycles. The summed E-state index contributed by atoms with van der Waals surface area (Å²) in [6, 6.07) is 8.44. The van der Waals surface area contributed by atoms with Crippen molar-refractivity contribution >= 4 is 22.4 Å². The molecule has 0 bridgehead atoms. The minimum atomic E-state index is -3.68. The van der Waals surface area contributed by atoms with E-state index in [2.05, 4.69) is 10.0 Å². The smallest absolute Gasteiger partial charge is 0.241 e. The Hall–Kier alpha value is -1.47. The molecule has 2 N–H and O–H groups in total. The summed E-state index contributed by atoms with van der Waals surface area (Å²) in [6.45, 7) is 5.09. The van der Waals surface area contributed by atoms with Crippen LogP contribution in [0.4, 0.5) is 4.39 Å². The zero-order valence-electron chi connectivity index (χ0n) is 13.5. The Balaban J connectivity index is 0.00000208. The molecular formula is C17H20ClFN2O2S. The Labute approximate surface area is 147 Å². The highest BCUT2D eigenvalue weighted by Crippen LogP contribution is 2.22. The second kappa shape index (κ2) is 7.19. The summed E-state index contributed by atoms with van der Waals surface area (Å²) in [6.07, 6.45) is 0. The molecule has 0 radical (unpaired) electrons. The van der Waals surface area contributed by atoms with Crippen LogP contribution in [0, 0.1) is 19.7 Å². The van der Waals surface area contributed by atoms with Crippen LogP contribution in [0.3, 0.4) is 0 Å². The zero-order valence-corrected chi connectivity index (χ0v) is 15.2. The summed E-state index contributed by atoms with van der Waals surface area (Å²) in [4.78, 5) is 0.154. The summed E-state index contributed by atoms with van der Waals surface area (Å²) >= 11 is 0. The highest BCUT2D eigenvalue weighted by molar-refractivity contribution is 7.89. The second-order valence-corrected chi connectivity index (χ2v) is 7.60. The van der Waals surface area contributed by atoms with Crippen molar-refractivity contribution in [3.8, 4) is 0 Å². The van der Waals surface area contributed by atoms with Crippen LogP contribution in [0.5, 0.6) is 0 Å². The Morgan fingerprint density at radius 1 is 1.08 bits per heavy atom. The highest BCUT2D eigenvalue weighted by atomic mass is 35.5. The SMILES string of the molecule is Cc1cc(F)cc(C)c1S(=O)(=O)NCc1ccc2c(c1)CNC2.Cl. The fourth-order valence-corrected chi connectivity index (χ4v) is 4.50. The fourth-order valence-electron chi connectivity index (χ4n) is 3.03. The maximum atomic E-state index is 13.4. The molecule has 3 rings (SSSR count). The molecule has 1 aliphatic rings. The lowest BCUT2D eigenvalue weighted by molar-refractivity contribution is 0.578. The third-order valence-electron chi connectivity index (χ3n) is 4.06. The van der Waals surface area contributed by atoms with E-state index in [1.807, 2.05) is 18.2 Å². The first-order valence-electron chi connectivity index (χ1n) is 7.44. The van der Waals surface area contributed by atoms with E-state index in [0.29, 0.717) is 11.1 Å². The number of rotatable bonds is 4. The van der Waals surface area contributed by atoms with E-state index in [0.717, 1.165) is 18.7 Å². The average molecular weight is 371 g/mol. The van der Waals surface area contributed by atoms with Crippen LogP contribution < -0.4 is 10.0 Å². The van der Waals surface area contributed by atoms with E-state index in [1.54, 1.807) is 13.8 Å². The van der Waals surface area contributed by atoms with Crippen LogP contribution in [-0.4, -0.2) is 8.42 Å². The Bertz CT molecular complexity index is 846. The van der Waals surface area contributed by atoms with E-state index in [9.17, 15) is 12.8 Å². The highest BCUT2D eigenvalue weighted by Gasteiger charge is 2.20. The van der Waals surface area contributed by atoms with Gasteiger partial charge in [-0.3, -0.25) is 0 Å². The molecule has 1 heterocycles. The molecule has 7 heteroatoms. The first kappa shape index (κ1) is 18.9. The van der Waals surface area contributed by atoms with Crippen LogP contribution >= 0.6 is 12.4 Å². The van der Waals surface area contributed by atoms with Crippen molar-refractivity contribution in [1.82, 2.24) is 10.0 Å². The number of benzene rings is 2. The number of hydrogen-bond acceptors (Lipinski definition) is 3. The van der Waals surface area contributed by atoms with Gasteiger partial charge in [0.2, 0.25) is 10.0 Å². The molecular weight excluding hydrogens is 351 g/mol. The Morgan fingerprint density at radius 2 is 1.71 bits per heavy atom. The molecule has 0 aliphatic carbocycles. The van der Waals surface area contributed by atoms with Crippen molar-refractivity contribution in [2.24, 2.45) is 0 Å². The molecule has 2 aromatic carbocycles. The summed E-state index contributed by atoms with van der Waals surface area (Å²) in [5.41, 5.74) is 4.19. The lowest BCUT2D eigenvalue weighted by Crippen LogP contribution is -2.25. The van der Waals surface area contributed by atoms with Crippen molar-refractivity contribution in [2.45, 2.75) is 38.4 Å². The minimum Gasteiger partial charge on any atom is -0.309 e. The molecule has 0 atom stereocenters. The fraction of sp³-hybridized carbons (Fsp3) is 0.294. The van der Waals surface area contributed by atoms with E-state index in [-0.39, 0.29) is 23.8 Å². The summed E-state index contributed by atoms with van der Waals surface area (Å²) in [5, 5.41) is 3.26. The van der Waals surface area contributed by atoms with Gasteiger partial charge in [-0.1, -0.05) is 18.2 Å². The largest absolute Gasteiger partial charge is 0.309 e. The van der Waals surface area contributed by atoms with E-state index in [4.69, 9.17) is 0 Å². The van der Waals surface area contributed by atoms with Gasteiger partial charge in [-0.05, 0) is 53.8 Å². The second-order valence-electron chi connectivity index (χ2n) is 5.90. The van der Waals surface area contributed by atoms with Gasteiger partial charge in [0.15, 0.2) is 0 Å². The lowest BCUT2D eigenvalue weighted by Gasteiger charge is -2.13. The molecule has 0 aromatic heterocycles. The maximum absolute atomic E-state index is 13.4. The molecule has 0 saturated heterocycles. The van der Waals surface area contributed by atoms with E-state index >= 15 is 0 Å². The topological polar surface area (TPSA) is 58.2 Å². The molecule has 4 nitrogen and oxygen atoms in total. The zero-order chi connectivity index (χ0) is 16.6. The predicted molar refractivity (Wildman–Crippen MR) is 94.1 cm³/mol. The van der Waals surface area contributed by atoms with Gasteiger partial charge in [0.05, 0.1) is 4.90 Å². The molecule has 2 aromatic rings. The number of hydrogen-bond donors (Lipinski definition) is 2. The van der Waals surface area contributed by atoms with E-state index in [1.165, 1.54) is 23.3 Å². The predicted octanol–water partition coefficient (Wildman–Crippen LogP) is 2.95. The number of sulfonamides is 1. The summed E-state index contributed by atoms with van der Waals surface area (Å²) in [7, 11) is -3.68. The molecule has 24 heavy (non-hydrogen) atoms. The van der Waals surface area contributed by atoms with Crippen molar-refractivity contribution in [3.63, 3.8) is 0 Å². The standard InChI is InChI=1S/C17H19FN2O2S.ClH/c1-11-5-16(18)6-12(2)17(11)23(21,22)20-8-13-3-4-14-9-19-10-15(14)7-13;/h3-7,19-20H,8-10H2,1-2H3;1H. The van der Waals surface area contributed by atoms with Gasteiger partial charge in [0.25, 0.3) is 0 Å². The molecule has 0 amide bonds. The third-order valence-corrected chi connectivity index (χ3v) is 5.77. The van der Waals surface area contributed by atoms with Crippen LogP contribution in [0.1, 0.15) is 27.8 Å². The molecule has 0 unspecified atom stereocenters. The van der Waals surface area contributed by atoms with Gasteiger partial charge in [-0.15, -0.1) is 12.4 Å². The number of aryl methyl sites for hydroxylation is 2. The number of fused-ring (bicyclic) bond motifs is 1. The van der Waals surface area contributed by atoms with Gasteiger partial charge in [-0.25, -0.2) is 17.5 Å². The number of halogens is 2. The minimum absolute atomic E-state index is 0. The monoisotopic (exact) mass is 370 g/mol. The quantitative estimate of drug-likeness (QED) is 0.870. The Morgan fingerprint density at radius 3 is 2.38 bits per heavy atom. The van der Waals surface area contributed by atoms with E-state index < -0.39 is 15.8 Å². The number of nitrogens with one attached hydrogen (secondary N) is 2. The average Bonchev–Trinajstić information content (AvgIpc) is 2.91. The van der Waals surface area contributed by atoms with Crippen molar-refractivity contribution in [2.75, 3.05) is 0 Å². The molecule has 1 aliphatic heterocycles. The van der Waals surface area contributed by atoms with Crippen LogP contribution in [0.15, 0.2) is 35.2 Å². The maximum Gasteiger partial charge on any atom is 0.241 e. The van der Waals surface area contributed by atoms with Gasteiger partial charge >= 0.3 is 0 Å². The summed E-state index contributed by atoms with van der Waals surface area (Å²) < 4.78 is 41.1. The van der Waals surface area contributed by atoms with Gasteiger partial charge < -0.3 is 5.32 Å². The lowest BCUT2D eigenvalue weighted by atomic mass is 10.1. The van der Waals surface area contributed by atoms with Gasteiger partial charge in [0, 0.05) is 19.6 Å². The van der Waals surface area contributed by atoms with Gasteiger partial charge in [0.1, 0.15) is 5.82 Å². The molecule has 130 valence electrons. The van der Waals surface area contributed by atoms with Gasteiger partial charge in [-0.2, -0.15) is 0 Å². The van der Waals surface area contributed by atoms with Crippen LogP contribution in [-0.2, 0) is 29.7 Å². The first-order valence-corrected chi connectivity index (χ1v) is 8.93. The van der Waals surface area contributed by atoms with Crippen molar-refractivity contribution < 1.29 is 12.8 Å². The Kier molecular flexibility index (Phi) is 5.65. The normalized spacial score (nSPS) is 13.5. The van der Waals surface area contributed by atoms with Crippen molar-refractivity contribution in [3.05, 3.63) is 64.0 Å². The summed E-state index contributed by atoms with van der Waals surface area (Å²) in [5.74, 6) is -0.426. The van der Waals surface area contributed by atoms with Crippen molar-refractivity contribution in [1.29, 1.82) is 0 Å². The van der Waals surface area contributed by atoms with Crippen LogP contribution in [0.25, 0.3) is 0 Å². The first-order chi connectivity index (χ1) is 10.9.